The van der Waals surface area contributed by atoms with Crippen LogP contribution in [0.25, 0.3) is 44.6 Å². The lowest BCUT2D eigenvalue weighted by atomic mass is 10.1. The molecule has 0 saturated heterocycles. The van der Waals surface area contributed by atoms with Crippen LogP contribution in [-0.4, -0.2) is 37.4 Å². The Kier molecular flexibility index (Phi) is 8.14. The Balaban J connectivity index is 0.000000182. The second-order valence-electron chi connectivity index (χ2n) is 8.61. The highest BCUT2D eigenvalue weighted by Gasteiger charge is 2.18. The van der Waals surface area contributed by atoms with Crippen LogP contribution in [0.4, 0.5) is 0 Å². The molecule has 6 rings (SSSR count). The predicted molar refractivity (Wildman–Crippen MR) is 153 cm³/mol. The summed E-state index contributed by atoms with van der Waals surface area (Å²) in [5.41, 5.74) is 0.390. The third kappa shape index (κ3) is 5.42. The molecule has 11 heteroatoms. The SMILES string of the molecule is C=O.O=c1cc(-c2ccccc2)oc2cc(O)c(O)c(O)c12.O=c1cc(-c2ccccc2)oc2cc(O)c(O)c(O)c12. The second kappa shape index (κ2) is 11.9. The number of rotatable bonds is 2. The number of carbonyl (C=O) groups is 1. The molecule has 2 heterocycles. The Morgan fingerprint density at radius 1 is 0.476 bits per heavy atom. The van der Waals surface area contributed by atoms with Crippen molar-refractivity contribution in [2.75, 3.05) is 0 Å². The van der Waals surface area contributed by atoms with E-state index in [1.165, 1.54) is 12.1 Å². The second-order valence-corrected chi connectivity index (χ2v) is 8.61. The van der Waals surface area contributed by atoms with E-state index in [-0.39, 0.29) is 21.9 Å². The van der Waals surface area contributed by atoms with Gasteiger partial charge in [-0.15, -0.1) is 0 Å². The van der Waals surface area contributed by atoms with Crippen LogP contribution in [0.15, 0.2) is 103 Å². The summed E-state index contributed by atoms with van der Waals surface area (Å²) < 4.78 is 11.0. The first-order valence-electron chi connectivity index (χ1n) is 12.0. The van der Waals surface area contributed by atoms with Crippen molar-refractivity contribution < 1.29 is 44.3 Å². The largest absolute Gasteiger partial charge is 0.504 e. The van der Waals surface area contributed by atoms with Crippen molar-refractivity contribution in [1.82, 2.24) is 0 Å². The maximum atomic E-state index is 12.0. The molecule has 0 aliphatic carbocycles. The average Bonchev–Trinajstić information content (AvgIpc) is 3.00. The van der Waals surface area contributed by atoms with Crippen molar-refractivity contribution in [3.8, 4) is 57.1 Å². The Labute approximate surface area is 235 Å². The highest BCUT2D eigenvalue weighted by Crippen LogP contribution is 2.41. The number of hydrogen-bond acceptors (Lipinski definition) is 11. The van der Waals surface area contributed by atoms with E-state index in [1.807, 2.05) is 18.9 Å². The molecule has 0 saturated carbocycles. The lowest BCUT2D eigenvalue weighted by Gasteiger charge is -2.06. The lowest BCUT2D eigenvalue weighted by Crippen LogP contribution is -2.00. The molecule has 6 N–H and O–H groups in total. The summed E-state index contributed by atoms with van der Waals surface area (Å²) in [5.74, 6) is -3.33. The zero-order valence-corrected chi connectivity index (χ0v) is 21.5. The quantitative estimate of drug-likeness (QED) is 0.154. The molecule has 0 radical (unpaired) electrons. The van der Waals surface area contributed by atoms with Crippen LogP contribution in [0.2, 0.25) is 0 Å². The highest BCUT2D eigenvalue weighted by molar-refractivity contribution is 5.90. The van der Waals surface area contributed by atoms with Crippen molar-refractivity contribution in [2.24, 2.45) is 0 Å². The predicted octanol–water partition coefficient (Wildman–Crippen LogP) is 4.97. The first-order chi connectivity index (χ1) is 20.2. The van der Waals surface area contributed by atoms with Crippen molar-refractivity contribution in [1.29, 1.82) is 0 Å². The standard InChI is InChI=1S/2C15H10O5.CH2O/c2*16-9-6-11(8-4-2-1-3-5-8)20-12-7-10(17)14(18)15(19)13(9)12;1-2/h2*1-7,17-19H;1H2. The number of aromatic hydroxyl groups is 6. The maximum Gasteiger partial charge on any atom is 0.201 e. The van der Waals surface area contributed by atoms with Crippen molar-refractivity contribution in [3.63, 3.8) is 0 Å². The van der Waals surface area contributed by atoms with Crippen molar-refractivity contribution in [2.45, 2.75) is 0 Å². The van der Waals surface area contributed by atoms with Gasteiger partial charge in [0.05, 0.1) is 0 Å². The van der Waals surface area contributed by atoms with E-state index in [0.717, 1.165) is 12.1 Å². The molecule has 0 aliphatic rings. The molecule has 0 amide bonds. The summed E-state index contributed by atoms with van der Waals surface area (Å²) in [6.45, 7) is 2.00. The van der Waals surface area contributed by atoms with Gasteiger partial charge in [-0.25, -0.2) is 0 Å². The van der Waals surface area contributed by atoms with Crippen LogP contribution in [0, 0.1) is 0 Å². The van der Waals surface area contributed by atoms with E-state index in [9.17, 15) is 40.2 Å². The van der Waals surface area contributed by atoms with Crippen LogP contribution in [0.1, 0.15) is 0 Å². The molecule has 0 bridgehead atoms. The van der Waals surface area contributed by atoms with E-state index in [0.29, 0.717) is 22.6 Å². The monoisotopic (exact) mass is 570 g/mol. The first kappa shape index (κ1) is 28.8. The number of phenols is 6. The molecule has 0 spiro atoms. The van der Waals surface area contributed by atoms with Gasteiger partial charge in [-0.3, -0.25) is 9.59 Å². The van der Waals surface area contributed by atoms with Crippen LogP contribution >= 0.6 is 0 Å². The summed E-state index contributed by atoms with van der Waals surface area (Å²) in [5, 5.41) is 56.9. The first-order valence-corrected chi connectivity index (χ1v) is 12.0. The Morgan fingerprint density at radius 2 is 0.810 bits per heavy atom. The minimum absolute atomic E-state index is 0.00385. The number of benzene rings is 4. The van der Waals surface area contributed by atoms with E-state index >= 15 is 0 Å². The maximum absolute atomic E-state index is 12.0. The molecule has 0 atom stereocenters. The number of hydrogen-bond donors (Lipinski definition) is 6. The molecule has 0 fully saturated rings. The zero-order chi connectivity index (χ0) is 30.6. The third-order valence-electron chi connectivity index (χ3n) is 6.01. The van der Waals surface area contributed by atoms with Gasteiger partial charge in [0.15, 0.2) is 33.9 Å². The Morgan fingerprint density at radius 3 is 1.14 bits per heavy atom. The van der Waals surface area contributed by atoms with E-state index in [4.69, 9.17) is 13.6 Å². The summed E-state index contributed by atoms with van der Waals surface area (Å²) in [4.78, 5) is 32.1. The Hall–Kier alpha value is -6.23. The normalized spacial score (nSPS) is 10.4. The molecule has 212 valence electrons. The van der Waals surface area contributed by atoms with Gasteiger partial charge < -0.3 is 44.3 Å². The van der Waals surface area contributed by atoms with Gasteiger partial charge in [0.2, 0.25) is 11.5 Å². The summed E-state index contributed by atoms with van der Waals surface area (Å²) in [6, 6.07) is 22.6. The molecule has 11 nitrogen and oxygen atoms in total. The minimum atomic E-state index is -0.739. The molecule has 0 unspecified atom stereocenters. The van der Waals surface area contributed by atoms with Gasteiger partial charge in [-0.05, 0) is 0 Å². The van der Waals surface area contributed by atoms with Gasteiger partial charge in [-0.2, -0.15) is 0 Å². The smallest absolute Gasteiger partial charge is 0.201 e. The molecule has 2 aromatic heterocycles. The Bertz CT molecular complexity index is 1870. The number of carbonyl (C=O) groups excluding carboxylic acids is 1. The topological polar surface area (TPSA) is 199 Å². The van der Waals surface area contributed by atoms with Crippen LogP contribution in [0.5, 0.6) is 34.5 Å². The fourth-order valence-corrected chi connectivity index (χ4v) is 4.05. The van der Waals surface area contributed by atoms with Crippen LogP contribution in [0.3, 0.4) is 0 Å². The van der Waals surface area contributed by atoms with Gasteiger partial charge in [0.1, 0.15) is 40.2 Å². The lowest BCUT2D eigenvalue weighted by molar-refractivity contribution is -0.0980. The van der Waals surface area contributed by atoms with Gasteiger partial charge in [-0.1, -0.05) is 60.7 Å². The van der Waals surface area contributed by atoms with Crippen molar-refractivity contribution >= 4 is 28.7 Å². The highest BCUT2D eigenvalue weighted by atomic mass is 16.4. The van der Waals surface area contributed by atoms with Crippen LogP contribution in [-0.2, 0) is 4.79 Å². The van der Waals surface area contributed by atoms with Crippen LogP contribution < -0.4 is 10.9 Å². The molecule has 42 heavy (non-hydrogen) atoms. The fourth-order valence-electron chi connectivity index (χ4n) is 4.05. The molecule has 0 aliphatic heterocycles. The number of fused-ring (bicyclic) bond motifs is 2. The minimum Gasteiger partial charge on any atom is -0.504 e. The molecule has 4 aromatic carbocycles. The third-order valence-corrected chi connectivity index (χ3v) is 6.01. The zero-order valence-electron chi connectivity index (χ0n) is 21.5. The van der Waals surface area contributed by atoms with Gasteiger partial charge in [0, 0.05) is 35.4 Å². The molecular formula is C31H22O11. The average molecular weight is 571 g/mol. The number of phenolic OH excluding ortho intramolecular Hbond substituents is 6. The van der Waals surface area contributed by atoms with E-state index in [1.54, 1.807) is 48.5 Å². The summed E-state index contributed by atoms with van der Waals surface area (Å²) >= 11 is 0. The molecular weight excluding hydrogens is 548 g/mol. The molecule has 6 aromatic rings. The van der Waals surface area contributed by atoms with Crippen molar-refractivity contribution in [3.05, 3.63) is 105 Å². The van der Waals surface area contributed by atoms with E-state index < -0.39 is 45.4 Å². The fraction of sp³-hybridized carbons (Fsp3) is 0. The van der Waals surface area contributed by atoms with Gasteiger partial charge >= 0.3 is 0 Å². The summed E-state index contributed by atoms with van der Waals surface area (Å²) in [6.07, 6.45) is 0. The van der Waals surface area contributed by atoms with E-state index in [2.05, 4.69) is 0 Å². The summed E-state index contributed by atoms with van der Waals surface area (Å²) in [7, 11) is 0. The van der Waals surface area contributed by atoms with Gasteiger partial charge in [0.25, 0.3) is 0 Å².